The zero-order chi connectivity index (χ0) is 24.3. The molecule has 3 aromatic carbocycles. The quantitative estimate of drug-likeness (QED) is 0.279. The lowest BCUT2D eigenvalue weighted by Crippen LogP contribution is -2.33. The van der Waals surface area contributed by atoms with Crippen molar-refractivity contribution in [1.29, 1.82) is 0 Å². The van der Waals surface area contributed by atoms with Crippen molar-refractivity contribution in [2.24, 2.45) is 0 Å². The highest BCUT2D eigenvalue weighted by Crippen LogP contribution is 2.23. The lowest BCUT2D eigenvalue weighted by atomic mass is 10.0. The van der Waals surface area contributed by atoms with Crippen LogP contribution in [0.15, 0.2) is 78.9 Å². The molecule has 2 unspecified atom stereocenters. The second-order valence-electron chi connectivity index (χ2n) is 8.88. The van der Waals surface area contributed by atoms with Gasteiger partial charge in [-0.05, 0) is 56.3 Å². The number of ether oxygens (including phenoxy) is 1. The fraction of sp³-hybridized carbons (Fsp3) is 0.345. The molecule has 0 saturated heterocycles. The van der Waals surface area contributed by atoms with Crippen LogP contribution in [0.25, 0.3) is 11.1 Å². The molecule has 5 nitrogen and oxygen atoms in total. The monoisotopic (exact) mass is 460 g/mol. The fourth-order valence-electron chi connectivity index (χ4n) is 3.77. The molecule has 0 bridgehead atoms. The summed E-state index contributed by atoms with van der Waals surface area (Å²) in [4.78, 5) is 14.8. The first kappa shape index (κ1) is 25.6. The molecule has 0 aliphatic heterocycles. The lowest BCUT2D eigenvalue weighted by molar-refractivity contribution is 0.0972. The Hall–Kier alpha value is -2.99. The van der Waals surface area contributed by atoms with Crippen molar-refractivity contribution in [3.8, 4) is 16.9 Å². The zero-order valence-electron chi connectivity index (χ0n) is 20.4. The summed E-state index contributed by atoms with van der Waals surface area (Å²) >= 11 is 0. The largest absolute Gasteiger partial charge is 0.494 e. The van der Waals surface area contributed by atoms with Gasteiger partial charge in [-0.15, -0.1) is 0 Å². The Morgan fingerprint density at radius 3 is 2.18 bits per heavy atom. The highest BCUT2D eigenvalue weighted by molar-refractivity contribution is 5.96. The van der Waals surface area contributed by atoms with Crippen LogP contribution in [0.2, 0.25) is 0 Å². The number of hydrogen-bond donors (Lipinski definition) is 2. The van der Waals surface area contributed by atoms with Gasteiger partial charge in [0.05, 0.1) is 12.7 Å². The van der Waals surface area contributed by atoms with E-state index in [0.29, 0.717) is 25.1 Å². The summed E-state index contributed by atoms with van der Waals surface area (Å²) in [7, 11) is 4.12. The molecule has 3 rings (SSSR count). The van der Waals surface area contributed by atoms with Crippen molar-refractivity contribution < 1.29 is 14.6 Å². The molecule has 0 aliphatic rings. The molecule has 0 fully saturated rings. The SMILES string of the molecule is CC(NCCC(=O)c1ccc(-c2ccc(OCCCN(C)C)cc2)cc1)C(O)c1ccccc1. The summed E-state index contributed by atoms with van der Waals surface area (Å²) < 4.78 is 5.80. The van der Waals surface area contributed by atoms with Gasteiger partial charge in [0.15, 0.2) is 5.78 Å². The number of Topliss-reactive ketones (excluding diaryl/α,β-unsaturated/α-hetero) is 1. The van der Waals surface area contributed by atoms with Gasteiger partial charge in [-0.3, -0.25) is 4.79 Å². The van der Waals surface area contributed by atoms with Gasteiger partial charge in [0.25, 0.3) is 0 Å². The van der Waals surface area contributed by atoms with Gasteiger partial charge in [-0.2, -0.15) is 0 Å². The standard InChI is InChI=1S/C29H36N2O3/c1-22(29(33)26-8-5-4-6-9-26)30-19-18-28(32)25-12-10-23(11-13-25)24-14-16-27(17-15-24)34-21-7-20-31(2)3/h4-6,8-17,22,29-30,33H,7,18-21H2,1-3H3. The highest BCUT2D eigenvalue weighted by atomic mass is 16.5. The van der Waals surface area contributed by atoms with E-state index in [0.717, 1.165) is 35.4 Å². The molecule has 0 heterocycles. The van der Waals surface area contributed by atoms with Crippen molar-refractivity contribution in [3.05, 3.63) is 90.0 Å². The van der Waals surface area contributed by atoms with Crippen molar-refractivity contribution >= 4 is 5.78 Å². The maximum atomic E-state index is 12.6. The first-order chi connectivity index (χ1) is 16.4. The normalized spacial score (nSPS) is 13.0. The molecule has 34 heavy (non-hydrogen) atoms. The maximum absolute atomic E-state index is 12.6. The van der Waals surface area contributed by atoms with Gasteiger partial charge in [0.1, 0.15) is 5.75 Å². The topological polar surface area (TPSA) is 61.8 Å². The molecule has 2 atom stereocenters. The van der Waals surface area contributed by atoms with Crippen molar-refractivity contribution in [3.63, 3.8) is 0 Å². The molecular weight excluding hydrogens is 424 g/mol. The molecule has 0 saturated carbocycles. The Bertz CT molecular complexity index is 1000. The predicted octanol–water partition coefficient (Wildman–Crippen LogP) is 4.97. The van der Waals surface area contributed by atoms with Crippen LogP contribution in [-0.4, -0.2) is 55.6 Å². The summed E-state index contributed by atoms with van der Waals surface area (Å²) in [5, 5.41) is 13.7. The fourth-order valence-corrected chi connectivity index (χ4v) is 3.77. The Kier molecular flexibility index (Phi) is 9.83. The van der Waals surface area contributed by atoms with Gasteiger partial charge in [0.2, 0.25) is 0 Å². The van der Waals surface area contributed by atoms with Crippen molar-refractivity contribution in [1.82, 2.24) is 10.2 Å². The second kappa shape index (κ2) is 13.0. The molecule has 0 radical (unpaired) electrons. The molecule has 2 N–H and O–H groups in total. The molecule has 0 aromatic heterocycles. The minimum absolute atomic E-state index is 0.0851. The van der Waals surface area contributed by atoms with Gasteiger partial charge >= 0.3 is 0 Å². The minimum atomic E-state index is -0.606. The summed E-state index contributed by atoms with van der Waals surface area (Å²) in [5.41, 5.74) is 3.72. The van der Waals surface area contributed by atoms with E-state index in [4.69, 9.17) is 4.74 Å². The maximum Gasteiger partial charge on any atom is 0.164 e. The van der Waals surface area contributed by atoms with Crippen LogP contribution in [0.1, 0.15) is 41.8 Å². The number of carbonyl (C=O) groups is 1. The van der Waals surface area contributed by atoms with Crippen molar-refractivity contribution in [2.45, 2.75) is 31.9 Å². The number of ketones is 1. The third-order valence-corrected chi connectivity index (χ3v) is 5.85. The average Bonchev–Trinajstić information content (AvgIpc) is 2.87. The first-order valence-corrected chi connectivity index (χ1v) is 11.9. The number of hydrogen-bond acceptors (Lipinski definition) is 5. The van der Waals surface area contributed by atoms with Gasteiger partial charge in [-0.1, -0.05) is 66.7 Å². The van der Waals surface area contributed by atoms with E-state index in [-0.39, 0.29) is 11.8 Å². The van der Waals surface area contributed by atoms with Crippen LogP contribution in [0.3, 0.4) is 0 Å². The van der Waals surface area contributed by atoms with Gasteiger partial charge in [0, 0.05) is 31.1 Å². The van der Waals surface area contributed by atoms with E-state index in [2.05, 4.69) is 24.3 Å². The number of rotatable bonds is 13. The lowest BCUT2D eigenvalue weighted by Gasteiger charge is -2.20. The van der Waals surface area contributed by atoms with E-state index < -0.39 is 6.10 Å². The number of aliphatic hydroxyl groups excluding tert-OH is 1. The van der Waals surface area contributed by atoms with Crippen LogP contribution in [0, 0.1) is 0 Å². The van der Waals surface area contributed by atoms with Crippen molar-refractivity contribution in [2.75, 3.05) is 33.8 Å². The number of nitrogens with zero attached hydrogens (tertiary/aromatic N) is 1. The highest BCUT2D eigenvalue weighted by Gasteiger charge is 2.16. The van der Waals surface area contributed by atoms with Crippen LogP contribution in [0.5, 0.6) is 5.75 Å². The number of aliphatic hydroxyl groups is 1. The van der Waals surface area contributed by atoms with E-state index >= 15 is 0 Å². The molecule has 0 amide bonds. The van der Waals surface area contributed by atoms with E-state index in [1.165, 1.54) is 0 Å². The second-order valence-corrected chi connectivity index (χ2v) is 8.88. The summed E-state index contributed by atoms with van der Waals surface area (Å²) in [6.07, 6.45) is 0.766. The molecule has 3 aromatic rings. The molecule has 0 spiro atoms. The summed E-state index contributed by atoms with van der Waals surface area (Å²) in [5.74, 6) is 0.954. The number of nitrogens with one attached hydrogen (secondary N) is 1. The van der Waals surface area contributed by atoms with Crippen LogP contribution in [-0.2, 0) is 0 Å². The Labute approximate surface area is 203 Å². The Morgan fingerprint density at radius 1 is 0.941 bits per heavy atom. The molecule has 0 aliphatic carbocycles. The zero-order valence-corrected chi connectivity index (χ0v) is 20.4. The third-order valence-electron chi connectivity index (χ3n) is 5.85. The van der Waals surface area contributed by atoms with E-state index in [1.54, 1.807) is 0 Å². The number of carbonyl (C=O) groups excluding carboxylic acids is 1. The van der Waals surface area contributed by atoms with Crippen LogP contribution in [0.4, 0.5) is 0 Å². The molecular formula is C29H36N2O3. The summed E-state index contributed by atoms with van der Waals surface area (Å²) in [6, 6.07) is 25.2. The minimum Gasteiger partial charge on any atom is -0.494 e. The Morgan fingerprint density at radius 2 is 1.56 bits per heavy atom. The van der Waals surface area contributed by atoms with Gasteiger partial charge < -0.3 is 20.1 Å². The predicted molar refractivity (Wildman–Crippen MR) is 138 cm³/mol. The van der Waals surface area contributed by atoms with E-state index in [1.807, 2.05) is 85.8 Å². The average molecular weight is 461 g/mol. The van der Waals surface area contributed by atoms with Crippen LogP contribution < -0.4 is 10.1 Å². The first-order valence-electron chi connectivity index (χ1n) is 11.9. The summed E-state index contributed by atoms with van der Waals surface area (Å²) in [6.45, 7) is 4.15. The Balaban J connectivity index is 1.45. The van der Waals surface area contributed by atoms with Gasteiger partial charge in [-0.25, -0.2) is 0 Å². The van der Waals surface area contributed by atoms with E-state index in [9.17, 15) is 9.90 Å². The third kappa shape index (κ3) is 7.80. The van der Waals surface area contributed by atoms with Crippen LogP contribution >= 0.6 is 0 Å². The smallest absolute Gasteiger partial charge is 0.164 e. The molecule has 5 heteroatoms. The number of benzene rings is 3. The molecule has 180 valence electrons.